The Balaban J connectivity index is 2.01. The molecule has 1 aliphatic carbocycles. The second-order valence-electron chi connectivity index (χ2n) is 6.10. The van der Waals surface area contributed by atoms with Gasteiger partial charge in [-0.3, -0.25) is 0 Å². The summed E-state index contributed by atoms with van der Waals surface area (Å²) in [7, 11) is 1.76. The lowest BCUT2D eigenvalue weighted by molar-refractivity contribution is -0.0487. The van der Waals surface area contributed by atoms with E-state index in [9.17, 15) is 14.6 Å². The van der Waals surface area contributed by atoms with E-state index in [0.717, 1.165) is 11.1 Å². The van der Waals surface area contributed by atoms with Gasteiger partial charge in [-0.15, -0.1) is 0 Å². The Morgan fingerprint density at radius 3 is 2.78 bits per heavy atom. The molecule has 0 saturated heterocycles. The van der Waals surface area contributed by atoms with E-state index in [1.165, 1.54) is 12.1 Å². The van der Waals surface area contributed by atoms with E-state index in [2.05, 4.69) is 5.32 Å². The Bertz CT molecular complexity index is 734. The fourth-order valence-corrected chi connectivity index (χ4v) is 3.21. The number of aliphatic hydroxyl groups is 1. The van der Waals surface area contributed by atoms with Crippen molar-refractivity contribution in [3.63, 3.8) is 0 Å². The quantitative estimate of drug-likeness (QED) is 0.811. The Morgan fingerprint density at radius 2 is 2.09 bits per heavy atom. The van der Waals surface area contributed by atoms with Crippen molar-refractivity contribution in [3.8, 4) is 11.5 Å². The molecule has 23 heavy (non-hydrogen) atoms. The molecule has 2 atom stereocenters. The van der Waals surface area contributed by atoms with E-state index in [4.69, 9.17) is 4.74 Å². The molecule has 0 radical (unpaired) electrons. The number of nitrogens with one attached hydrogen (secondary N) is 1. The highest BCUT2D eigenvalue weighted by Gasteiger charge is 2.46. The number of hydrogen-bond acceptors (Lipinski definition) is 4. The molecule has 5 heteroatoms. The summed E-state index contributed by atoms with van der Waals surface area (Å²) in [6.07, 6.45) is -0.213. The predicted molar refractivity (Wildman–Crippen MR) is 85.2 cm³/mol. The van der Waals surface area contributed by atoms with Crippen molar-refractivity contribution >= 4 is 0 Å². The lowest BCUT2D eigenvalue weighted by Crippen LogP contribution is -2.45. The number of halogens is 1. The molecule has 0 spiro atoms. The Kier molecular flexibility index (Phi) is 4.00. The number of fused-ring (bicyclic) bond motifs is 1. The van der Waals surface area contributed by atoms with Crippen molar-refractivity contribution < 1.29 is 19.3 Å². The highest BCUT2D eigenvalue weighted by Crippen LogP contribution is 2.43. The number of aryl methyl sites for hydroxylation is 1. The lowest BCUT2D eigenvalue weighted by Gasteiger charge is -2.31. The number of benzene rings is 2. The number of ether oxygens (including phenoxy) is 1. The molecule has 0 bridgehead atoms. The zero-order chi connectivity index (χ0) is 16.6. The van der Waals surface area contributed by atoms with Gasteiger partial charge in [0, 0.05) is 18.5 Å². The van der Waals surface area contributed by atoms with Crippen molar-refractivity contribution in [2.24, 2.45) is 0 Å². The summed E-state index contributed by atoms with van der Waals surface area (Å²) < 4.78 is 19.3. The summed E-state index contributed by atoms with van der Waals surface area (Å²) in [6, 6.07) is 9.30. The molecule has 0 saturated carbocycles. The van der Waals surface area contributed by atoms with Gasteiger partial charge >= 0.3 is 0 Å². The van der Waals surface area contributed by atoms with Gasteiger partial charge < -0.3 is 20.3 Å². The van der Waals surface area contributed by atoms with Gasteiger partial charge in [-0.1, -0.05) is 6.07 Å². The first-order valence-electron chi connectivity index (χ1n) is 7.54. The number of aromatic hydroxyl groups is 1. The maximum Gasteiger partial charge on any atom is 0.154 e. The van der Waals surface area contributed by atoms with E-state index < -0.39 is 11.7 Å². The second-order valence-corrected chi connectivity index (χ2v) is 6.10. The minimum absolute atomic E-state index is 0.127. The van der Waals surface area contributed by atoms with Crippen molar-refractivity contribution in [2.75, 3.05) is 13.6 Å². The van der Waals surface area contributed by atoms with Crippen LogP contribution in [0.2, 0.25) is 0 Å². The van der Waals surface area contributed by atoms with E-state index in [1.54, 1.807) is 38.2 Å². The molecule has 0 aromatic heterocycles. The number of phenols is 1. The summed E-state index contributed by atoms with van der Waals surface area (Å²) in [5.74, 6) is 0.314. The molecule has 122 valence electrons. The number of likely N-dealkylation sites (N-methyl/N-ethyl adjacent to an activating group) is 1. The van der Waals surface area contributed by atoms with Crippen molar-refractivity contribution in [3.05, 3.63) is 58.9 Å². The van der Waals surface area contributed by atoms with Gasteiger partial charge in [0.15, 0.2) is 6.10 Å². The molecule has 0 heterocycles. The molecule has 3 N–H and O–H groups in total. The number of hydrogen-bond donors (Lipinski definition) is 3. The first-order chi connectivity index (χ1) is 10.9. The van der Waals surface area contributed by atoms with Crippen LogP contribution in [0.15, 0.2) is 36.4 Å². The second kappa shape index (κ2) is 5.83. The average molecular weight is 317 g/mol. The summed E-state index contributed by atoms with van der Waals surface area (Å²) in [4.78, 5) is 0. The smallest absolute Gasteiger partial charge is 0.154 e. The monoisotopic (exact) mass is 317 g/mol. The van der Waals surface area contributed by atoms with Crippen LogP contribution in [0.4, 0.5) is 4.39 Å². The fourth-order valence-electron chi connectivity index (χ4n) is 3.21. The minimum atomic E-state index is -1.13. The summed E-state index contributed by atoms with van der Waals surface area (Å²) in [5.41, 5.74) is 1.22. The molecule has 1 aliphatic rings. The average Bonchev–Trinajstić information content (AvgIpc) is 2.74. The molecular formula is C18H20FNO3. The van der Waals surface area contributed by atoms with Crippen LogP contribution in [-0.2, 0) is 6.42 Å². The van der Waals surface area contributed by atoms with Crippen LogP contribution in [0.5, 0.6) is 11.5 Å². The van der Waals surface area contributed by atoms with E-state index in [0.29, 0.717) is 24.3 Å². The molecule has 4 nitrogen and oxygen atoms in total. The highest BCUT2D eigenvalue weighted by atomic mass is 19.1. The zero-order valence-electron chi connectivity index (χ0n) is 13.1. The number of rotatable bonds is 4. The van der Waals surface area contributed by atoms with Gasteiger partial charge in [0.25, 0.3) is 0 Å². The largest absolute Gasteiger partial charge is 0.508 e. The predicted octanol–water partition coefficient (Wildman–Crippen LogP) is 2.47. The third-order valence-corrected chi connectivity index (χ3v) is 4.26. The van der Waals surface area contributed by atoms with Crippen molar-refractivity contribution in [2.45, 2.75) is 25.0 Å². The van der Waals surface area contributed by atoms with Crippen LogP contribution in [0.1, 0.15) is 22.8 Å². The molecule has 0 aliphatic heterocycles. The van der Waals surface area contributed by atoms with Gasteiger partial charge in [0.1, 0.15) is 22.9 Å². The third-order valence-electron chi connectivity index (χ3n) is 4.26. The SMILES string of the molecule is CNCC1(O)Cc2ccc(O)cc2C1Oc1ccc(F)cc1C. The third kappa shape index (κ3) is 2.90. The molecule has 2 aromatic carbocycles. The van der Waals surface area contributed by atoms with Gasteiger partial charge in [-0.2, -0.15) is 0 Å². The number of phenolic OH excluding ortho intramolecular Hbond substituents is 1. The molecule has 0 fully saturated rings. The maximum atomic E-state index is 13.3. The maximum absolute atomic E-state index is 13.3. The van der Waals surface area contributed by atoms with E-state index >= 15 is 0 Å². The van der Waals surface area contributed by atoms with Crippen LogP contribution in [0, 0.1) is 12.7 Å². The summed E-state index contributed by atoms with van der Waals surface area (Å²) in [6.45, 7) is 2.10. The van der Waals surface area contributed by atoms with Gasteiger partial charge in [-0.05, 0) is 55.4 Å². The first kappa shape index (κ1) is 15.8. The van der Waals surface area contributed by atoms with Gasteiger partial charge in [0.2, 0.25) is 0 Å². The summed E-state index contributed by atoms with van der Waals surface area (Å²) >= 11 is 0. The van der Waals surface area contributed by atoms with Crippen LogP contribution < -0.4 is 10.1 Å². The van der Waals surface area contributed by atoms with Gasteiger partial charge in [0.05, 0.1) is 0 Å². The van der Waals surface area contributed by atoms with Crippen LogP contribution in [-0.4, -0.2) is 29.4 Å². The highest BCUT2D eigenvalue weighted by molar-refractivity contribution is 5.44. The molecule has 2 unspecified atom stereocenters. The first-order valence-corrected chi connectivity index (χ1v) is 7.54. The molecule has 3 rings (SSSR count). The lowest BCUT2D eigenvalue weighted by atomic mass is 9.97. The van der Waals surface area contributed by atoms with Crippen molar-refractivity contribution in [1.29, 1.82) is 0 Å². The molecule has 2 aromatic rings. The topological polar surface area (TPSA) is 61.7 Å². The van der Waals surface area contributed by atoms with Gasteiger partial charge in [-0.25, -0.2) is 4.39 Å². The molecule has 0 amide bonds. The van der Waals surface area contributed by atoms with Crippen LogP contribution >= 0.6 is 0 Å². The minimum Gasteiger partial charge on any atom is -0.508 e. The standard InChI is InChI=1S/C18H20FNO3/c1-11-7-13(19)4-6-16(11)23-17-15-8-14(21)5-3-12(15)9-18(17,22)10-20-2/h3-8,17,20-22H,9-10H2,1-2H3. The normalized spacial score (nSPS) is 22.9. The zero-order valence-corrected chi connectivity index (χ0v) is 13.1. The van der Waals surface area contributed by atoms with E-state index in [-0.39, 0.29) is 11.6 Å². The Labute approximate surface area is 134 Å². The van der Waals surface area contributed by atoms with E-state index in [1.807, 2.05) is 0 Å². The van der Waals surface area contributed by atoms with Crippen LogP contribution in [0.25, 0.3) is 0 Å². The van der Waals surface area contributed by atoms with Crippen molar-refractivity contribution in [1.82, 2.24) is 5.32 Å². The van der Waals surface area contributed by atoms with Crippen LogP contribution in [0.3, 0.4) is 0 Å². The Hall–Kier alpha value is -2.11. The molecular weight excluding hydrogens is 297 g/mol. The fraction of sp³-hybridized carbons (Fsp3) is 0.333. The Morgan fingerprint density at radius 1 is 1.30 bits per heavy atom. The summed E-state index contributed by atoms with van der Waals surface area (Å²) in [5, 5.41) is 23.8.